The Hall–Kier alpha value is -1.54. The highest BCUT2D eigenvalue weighted by Crippen LogP contribution is 2.27. The van der Waals surface area contributed by atoms with Gasteiger partial charge in [0.25, 0.3) is 0 Å². The molecule has 3 heteroatoms. The molecule has 14 heavy (non-hydrogen) atoms. The molecule has 2 aromatic rings. The van der Waals surface area contributed by atoms with E-state index >= 15 is 0 Å². The van der Waals surface area contributed by atoms with Crippen LogP contribution in [0.25, 0.3) is 0 Å². The van der Waals surface area contributed by atoms with E-state index in [0.29, 0.717) is 16.5 Å². The quantitative estimate of drug-likeness (QED) is 0.749. The zero-order valence-corrected chi connectivity index (χ0v) is 8.03. The van der Waals surface area contributed by atoms with Crippen molar-refractivity contribution in [2.45, 2.75) is 0 Å². The molecule has 0 aliphatic heterocycles. The van der Waals surface area contributed by atoms with Crippen LogP contribution in [0.2, 0.25) is 5.02 Å². The van der Waals surface area contributed by atoms with Crippen LogP contribution in [0, 0.1) is 6.20 Å². The third-order valence-corrected chi connectivity index (χ3v) is 1.97. The number of hydrogen-bond acceptors (Lipinski definition) is 2. The molecule has 0 atom stereocenters. The van der Waals surface area contributed by atoms with Gasteiger partial charge in [-0.1, -0.05) is 23.7 Å². The van der Waals surface area contributed by atoms with E-state index in [0.717, 1.165) is 0 Å². The summed E-state index contributed by atoms with van der Waals surface area (Å²) in [4.78, 5) is 3.77. The fourth-order valence-corrected chi connectivity index (χ4v) is 1.20. The summed E-state index contributed by atoms with van der Waals surface area (Å²) in [6.45, 7) is 0. The van der Waals surface area contributed by atoms with Gasteiger partial charge in [-0.05, 0) is 18.2 Å². The van der Waals surface area contributed by atoms with Crippen molar-refractivity contribution in [3.05, 3.63) is 53.8 Å². The van der Waals surface area contributed by atoms with E-state index in [2.05, 4.69) is 11.2 Å². The molecule has 0 fully saturated rings. The Bertz CT molecular complexity index is 417. The maximum absolute atomic E-state index is 5.92. The minimum absolute atomic E-state index is 0.587. The van der Waals surface area contributed by atoms with Gasteiger partial charge in [0.15, 0.2) is 0 Å². The lowest BCUT2D eigenvalue weighted by atomic mass is 10.3. The number of para-hydroxylation sites is 1. The van der Waals surface area contributed by atoms with E-state index in [1.807, 2.05) is 18.2 Å². The molecule has 2 nitrogen and oxygen atoms in total. The molecule has 0 unspecified atom stereocenters. The molecule has 69 valence electrons. The van der Waals surface area contributed by atoms with Crippen LogP contribution in [0.4, 0.5) is 0 Å². The van der Waals surface area contributed by atoms with Crippen LogP contribution in [0.15, 0.2) is 42.6 Å². The first-order valence-corrected chi connectivity index (χ1v) is 4.48. The highest BCUT2D eigenvalue weighted by molar-refractivity contribution is 6.32. The summed E-state index contributed by atoms with van der Waals surface area (Å²) in [5.41, 5.74) is 0. The van der Waals surface area contributed by atoms with Crippen molar-refractivity contribution in [3.8, 4) is 11.5 Å². The summed E-state index contributed by atoms with van der Waals surface area (Å²) in [6.07, 6.45) is 4.30. The maximum atomic E-state index is 5.92. The van der Waals surface area contributed by atoms with E-state index in [4.69, 9.17) is 16.3 Å². The van der Waals surface area contributed by atoms with Crippen LogP contribution in [-0.2, 0) is 0 Å². The standard InChI is InChI=1S/C11H7ClNO/c12-10-3-1-2-4-11(10)14-9-5-7-13-8-6-9/h1-7H. The summed E-state index contributed by atoms with van der Waals surface area (Å²) in [6, 6.07) is 10.7. The van der Waals surface area contributed by atoms with Crippen molar-refractivity contribution in [3.63, 3.8) is 0 Å². The van der Waals surface area contributed by atoms with E-state index in [9.17, 15) is 0 Å². The second kappa shape index (κ2) is 4.11. The van der Waals surface area contributed by atoms with Crippen molar-refractivity contribution in [2.24, 2.45) is 0 Å². The summed E-state index contributed by atoms with van der Waals surface area (Å²) >= 11 is 5.92. The van der Waals surface area contributed by atoms with Gasteiger partial charge in [-0.3, -0.25) is 4.98 Å². The normalized spacial score (nSPS) is 9.79. The molecule has 0 bridgehead atoms. The third-order valence-electron chi connectivity index (χ3n) is 1.66. The lowest BCUT2D eigenvalue weighted by molar-refractivity contribution is 0.482. The van der Waals surface area contributed by atoms with Gasteiger partial charge < -0.3 is 4.74 Å². The number of rotatable bonds is 2. The number of aromatic nitrogens is 1. The van der Waals surface area contributed by atoms with Crippen molar-refractivity contribution in [1.29, 1.82) is 0 Å². The first kappa shape index (κ1) is 9.03. The number of pyridine rings is 1. The topological polar surface area (TPSA) is 22.1 Å². The Balaban J connectivity index is 2.24. The minimum atomic E-state index is 0.587. The van der Waals surface area contributed by atoms with Gasteiger partial charge in [-0.25, -0.2) is 0 Å². The summed E-state index contributed by atoms with van der Waals surface area (Å²) in [7, 11) is 0. The van der Waals surface area contributed by atoms with E-state index in [1.54, 1.807) is 24.4 Å². The molecule has 1 aromatic heterocycles. The lowest BCUT2D eigenvalue weighted by Crippen LogP contribution is -1.84. The minimum Gasteiger partial charge on any atom is -0.456 e. The van der Waals surface area contributed by atoms with Crippen LogP contribution < -0.4 is 4.74 Å². The first-order chi connectivity index (χ1) is 6.86. The SMILES string of the molecule is Clc1ccccc1Oc1c[c]ncc1. The predicted octanol–water partition coefficient (Wildman–Crippen LogP) is 3.33. The van der Waals surface area contributed by atoms with Crippen molar-refractivity contribution in [2.75, 3.05) is 0 Å². The molecule has 0 aliphatic rings. The molecule has 0 spiro atoms. The molecular formula is C11H7ClNO. The Kier molecular flexibility index (Phi) is 2.65. The molecule has 1 heterocycles. The van der Waals surface area contributed by atoms with Gasteiger partial charge in [0.1, 0.15) is 11.5 Å². The zero-order valence-electron chi connectivity index (χ0n) is 7.27. The van der Waals surface area contributed by atoms with Gasteiger partial charge in [0.05, 0.1) is 11.2 Å². The van der Waals surface area contributed by atoms with Crippen LogP contribution in [0.5, 0.6) is 11.5 Å². The molecule has 0 amide bonds. The van der Waals surface area contributed by atoms with Crippen LogP contribution in [0.1, 0.15) is 0 Å². The van der Waals surface area contributed by atoms with Gasteiger partial charge in [-0.2, -0.15) is 0 Å². The second-order valence-electron chi connectivity index (χ2n) is 2.65. The monoisotopic (exact) mass is 204 g/mol. The highest BCUT2D eigenvalue weighted by atomic mass is 35.5. The molecule has 1 radical (unpaired) electrons. The Morgan fingerprint density at radius 1 is 1.21 bits per heavy atom. The first-order valence-electron chi connectivity index (χ1n) is 4.11. The van der Waals surface area contributed by atoms with Gasteiger partial charge >= 0.3 is 0 Å². The lowest BCUT2D eigenvalue weighted by Gasteiger charge is -2.05. The van der Waals surface area contributed by atoms with Crippen molar-refractivity contribution in [1.82, 2.24) is 4.98 Å². The maximum Gasteiger partial charge on any atom is 0.146 e. The number of halogens is 1. The van der Waals surface area contributed by atoms with E-state index < -0.39 is 0 Å². The fourth-order valence-electron chi connectivity index (χ4n) is 1.02. The third kappa shape index (κ3) is 2.03. The molecule has 0 N–H and O–H groups in total. The van der Waals surface area contributed by atoms with Crippen molar-refractivity contribution >= 4 is 11.6 Å². The molecule has 0 saturated carbocycles. The Morgan fingerprint density at radius 3 is 2.79 bits per heavy atom. The van der Waals surface area contributed by atoms with E-state index in [1.165, 1.54) is 0 Å². The van der Waals surface area contributed by atoms with E-state index in [-0.39, 0.29) is 0 Å². The smallest absolute Gasteiger partial charge is 0.146 e. The van der Waals surface area contributed by atoms with Crippen molar-refractivity contribution < 1.29 is 4.74 Å². The Morgan fingerprint density at radius 2 is 2.07 bits per heavy atom. The average molecular weight is 205 g/mol. The molecule has 2 rings (SSSR count). The van der Waals surface area contributed by atoms with Gasteiger partial charge in [0.2, 0.25) is 0 Å². The summed E-state index contributed by atoms with van der Waals surface area (Å²) in [5, 5.41) is 0.587. The number of benzene rings is 1. The number of hydrogen-bond donors (Lipinski definition) is 0. The highest BCUT2D eigenvalue weighted by Gasteiger charge is 2.00. The molecule has 1 aromatic carbocycles. The van der Waals surface area contributed by atoms with Gasteiger partial charge in [0, 0.05) is 12.3 Å². The number of ether oxygens (including phenoxy) is 1. The fraction of sp³-hybridized carbons (Fsp3) is 0. The van der Waals surface area contributed by atoms with Crippen LogP contribution in [0.3, 0.4) is 0 Å². The predicted molar refractivity (Wildman–Crippen MR) is 54.6 cm³/mol. The summed E-state index contributed by atoms with van der Waals surface area (Å²) in [5.74, 6) is 1.31. The van der Waals surface area contributed by atoms with Crippen LogP contribution in [-0.4, -0.2) is 4.98 Å². The van der Waals surface area contributed by atoms with Gasteiger partial charge in [-0.15, -0.1) is 0 Å². The molecule has 0 saturated heterocycles. The second-order valence-corrected chi connectivity index (χ2v) is 3.06. The average Bonchev–Trinajstić information content (AvgIpc) is 2.23. The summed E-state index contributed by atoms with van der Waals surface area (Å²) < 4.78 is 5.51. The molecular weight excluding hydrogens is 198 g/mol. The zero-order chi connectivity index (χ0) is 9.80. The largest absolute Gasteiger partial charge is 0.456 e. The molecule has 0 aliphatic carbocycles. The van der Waals surface area contributed by atoms with Crippen LogP contribution >= 0.6 is 11.6 Å². The Labute approximate surface area is 87.1 Å². The number of nitrogens with zero attached hydrogens (tertiary/aromatic N) is 1.